The van der Waals surface area contributed by atoms with E-state index in [0.29, 0.717) is 57.0 Å². The highest BCUT2D eigenvalue weighted by Crippen LogP contribution is 2.23. The number of rotatable bonds is 7. The van der Waals surface area contributed by atoms with Crippen LogP contribution in [0.5, 0.6) is 0 Å². The molecule has 0 aliphatic carbocycles. The van der Waals surface area contributed by atoms with Crippen LogP contribution in [0.3, 0.4) is 0 Å². The largest absolute Gasteiger partial charge is 0.450 e. The number of carbonyl (C=O) groups is 4. The van der Waals surface area contributed by atoms with Crippen molar-refractivity contribution in [3.05, 3.63) is 65.5 Å². The van der Waals surface area contributed by atoms with Gasteiger partial charge in [-0.05, 0) is 43.2 Å². The molecule has 0 bridgehead atoms. The number of halogens is 1. The lowest BCUT2D eigenvalue weighted by Crippen LogP contribution is -2.50. The molecule has 2 aromatic carbocycles. The van der Waals surface area contributed by atoms with Gasteiger partial charge < -0.3 is 24.8 Å². The molecule has 0 aromatic heterocycles. The monoisotopic (exact) mass is 510 g/mol. The summed E-state index contributed by atoms with van der Waals surface area (Å²) in [7, 11) is 0. The van der Waals surface area contributed by atoms with Crippen molar-refractivity contribution in [3.8, 4) is 0 Å². The van der Waals surface area contributed by atoms with Crippen molar-refractivity contribution in [1.29, 1.82) is 0 Å². The zero-order valence-corrected chi connectivity index (χ0v) is 20.8. The minimum absolute atomic E-state index is 0.0984. The number of ether oxygens (including phenoxy) is 1. The first-order chi connectivity index (χ1) is 17.9. The van der Waals surface area contributed by atoms with Crippen molar-refractivity contribution in [1.82, 2.24) is 14.7 Å². The van der Waals surface area contributed by atoms with Crippen molar-refractivity contribution in [2.24, 2.45) is 5.92 Å². The molecule has 2 aliphatic heterocycles. The Morgan fingerprint density at radius 1 is 1.00 bits per heavy atom. The lowest BCUT2D eigenvalue weighted by atomic mass is 10.1. The molecule has 2 heterocycles. The lowest BCUT2D eigenvalue weighted by molar-refractivity contribution is -0.128. The Bertz CT molecular complexity index is 1150. The fourth-order valence-corrected chi connectivity index (χ4v) is 4.57. The number of piperazine rings is 1. The third-order valence-corrected chi connectivity index (χ3v) is 6.68. The van der Waals surface area contributed by atoms with Crippen molar-refractivity contribution < 1.29 is 28.3 Å². The number of nitrogens with zero attached hydrogens (tertiary/aromatic N) is 3. The number of amides is 4. The third kappa shape index (κ3) is 6.44. The van der Waals surface area contributed by atoms with E-state index in [0.717, 1.165) is 5.56 Å². The van der Waals surface area contributed by atoms with Crippen LogP contribution < -0.4 is 5.32 Å². The van der Waals surface area contributed by atoms with Gasteiger partial charge in [0.1, 0.15) is 5.82 Å². The van der Waals surface area contributed by atoms with Gasteiger partial charge in [-0.2, -0.15) is 0 Å². The van der Waals surface area contributed by atoms with Crippen molar-refractivity contribution in [2.45, 2.75) is 19.8 Å². The fraction of sp³-hybridized carbons (Fsp3) is 0.407. The molecular formula is C27H31FN4O5. The van der Waals surface area contributed by atoms with Gasteiger partial charge in [-0.15, -0.1) is 0 Å². The smallest absolute Gasteiger partial charge is 0.409 e. The number of para-hydroxylation sites is 1. The Morgan fingerprint density at radius 3 is 2.38 bits per heavy atom. The molecular weight excluding hydrogens is 479 g/mol. The van der Waals surface area contributed by atoms with Gasteiger partial charge in [0.25, 0.3) is 5.91 Å². The van der Waals surface area contributed by atoms with Crippen LogP contribution in [0.2, 0.25) is 0 Å². The number of nitrogens with one attached hydrogen (secondary N) is 1. The first-order valence-corrected chi connectivity index (χ1v) is 12.5. The molecule has 1 unspecified atom stereocenters. The number of benzene rings is 2. The maximum absolute atomic E-state index is 13.2. The Hall–Kier alpha value is -3.95. The Morgan fingerprint density at radius 2 is 1.68 bits per heavy atom. The number of hydrogen-bond donors (Lipinski definition) is 1. The number of hydrogen-bond acceptors (Lipinski definition) is 5. The van der Waals surface area contributed by atoms with Crippen LogP contribution in [0.1, 0.15) is 29.3 Å². The van der Waals surface area contributed by atoms with Gasteiger partial charge in [0, 0.05) is 45.7 Å². The van der Waals surface area contributed by atoms with Gasteiger partial charge in [0.15, 0.2) is 0 Å². The number of likely N-dealkylation sites (tertiary alicyclic amines) is 1. The van der Waals surface area contributed by atoms with E-state index in [9.17, 15) is 23.6 Å². The normalized spacial score (nSPS) is 17.6. The second-order valence-electron chi connectivity index (χ2n) is 9.13. The van der Waals surface area contributed by atoms with Crippen LogP contribution in [0.25, 0.3) is 0 Å². The summed E-state index contributed by atoms with van der Waals surface area (Å²) in [5, 5.41) is 2.85. The molecule has 2 saturated heterocycles. The average molecular weight is 511 g/mol. The topological polar surface area (TPSA) is 99.3 Å². The summed E-state index contributed by atoms with van der Waals surface area (Å²) in [6, 6.07) is 12.9. The average Bonchev–Trinajstić information content (AvgIpc) is 3.29. The summed E-state index contributed by atoms with van der Waals surface area (Å²) < 4.78 is 18.1. The van der Waals surface area contributed by atoms with Crippen LogP contribution in [0.4, 0.5) is 14.9 Å². The van der Waals surface area contributed by atoms with Gasteiger partial charge >= 0.3 is 6.09 Å². The molecule has 1 N–H and O–H groups in total. The molecule has 0 spiro atoms. The predicted octanol–water partition coefficient (Wildman–Crippen LogP) is 2.77. The standard InChI is InChI=1S/C27H31FN4O5/c1-2-37-27(36)31-15-13-30(14-16-31)26(35)22-5-3-4-6-23(22)29-25(34)20-17-24(33)32(18-20)12-11-19-7-9-21(28)10-8-19/h3-10,20H,2,11-18H2,1H3,(H,29,34). The van der Waals surface area contributed by atoms with Crippen molar-refractivity contribution in [2.75, 3.05) is 51.2 Å². The first kappa shape index (κ1) is 26.1. The summed E-state index contributed by atoms with van der Waals surface area (Å²) in [5.74, 6) is -1.49. The van der Waals surface area contributed by atoms with Gasteiger partial charge in [0.05, 0.1) is 23.8 Å². The van der Waals surface area contributed by atoms with Crippen LogP contribution in [-0.2, 0) is 20.7 Å². The molecule has 9 nitrogen and oxygen atoms in total. The number of anilines is 1. The number of carbonyl (C=O) groups excluding carboxylic acids is 4. The minimum Gasteiger partial charge on any atom is -0.450 e. The summed E-state index contributed by atoms with van der Waals surface area (Å²) in [5.41, 5.74) is 1.66. The summed E-state index contributed by atoms with van der Waals surface area (Å²) in [6.07, 6.45) is 0.280. The Kier molecular flexibility index (Phi) is 8.37. The van der Waals surface area contributed by atoms with E-state index in [1.165, 1.54) is 12.1 Å². The van der Waals surface area contributed by atoms with E-state index < -0.39 is 5.92 Å². The highest BCUT2D eigenvalue weighted by molar-refractivity contribution is 6.05. The predicted molar refractivity (Wildman–Crippen MR) is 134 cm³/mol. The first-order valence-electron chi connectivity index (χ1n) is 12.5. The van der Waals surface area contributed by atoms with Crippen molar-refractivity contribution in [3.63, 3.8) is 0 Å². The summed E-state index contributed by atoms with van der Waals surface area (Å²) >= 11 is 0. The highest BCUT2D eigenvalue weighted by atomic mass is 19.1. The zero-order valence-electron chi connectivity index (χ0n) is 20.8. The van der Waals surface area contributed by atoms with Crippen LogP contribution >= 0.6 is 0 Å². The second kappa shape index (κ2) is 11.9. The van der Waals surface area contributed by atoms with Gasteiger partial charge in [-0.25, -0.2) is 9.18 Å². The van der Waals surface area contributed by atoms with E-state index in [4.69, 9.17) is 4.74 Å². The van der Waals surface area contributed by atoms with E-state index >= 15 is 0 Å². The Labute approximate surface area is 215 Å². The summed E-state index contributed by atoms with van der Waals surface area (Å²) in [6.45, 7) is 4.24. The molecule has 2 aromatic rings. The van der Waals surface area contributed by atoms with Crippen LogP contribution in [0.15, 0.2) is 48.5 Å². The van der Waals surface area contributed by atoms with Crippen LogP contribution in [0, 0.1) is 11.7 Å². The second-order valence-corrected chi connectivity index (χ2v) is 9.13. The summed E-state index contributed by atoms with van der Waals surface area (Å²) in [4.78, 5) is 55.6. The van der Waals surface area contributed by atoms with Gasteiger partial charge in [0.2, 0.25) is 11.8 Å². The van der Waals surface area contributed by atoms with E-state index in [1.54, 1.807) is 58.0 Å². The molecule has 196 valence electrons. The molecule has 2 fully saturated rings. The fourth-order valence-electron chi connectivity index (χ4n) is 4.57. The van der Waals surface area contributed by atoms with Crippen molar-refractivity contribution >= 4 is 29.5 Å². The lowest BCUT2D eigenvalue weighted by Gasteiger charge is -2.34. The molecule has 37 heavy (non-hydrogen) atoms. The molecule has 4 rings (SSSR count). The molecule has 1 atom stereocenters. The minimum atomic E-state index is -0.531. The molecule has 2 aliphatic rings. The maximum Gasteiger partial charge on any atom is 0.409 e. The van der Waals surface area contributed by atoms with Gasteiger partial charge in [-0.1, -0.05) is 24.3 Å². The maximum atomic E-state index is 13.2. The molecule has 0 saturated carbocycles. The quantitative estimate of drug-likeness (QED) is 0.618. The molecule has 0 radical (unpaired) electrons. The van der Waals surface area contributed by atoms with E-state index in [1.807, 2.05) is 0 Å². The van der Waals surface area contributed by atoms with Crippen LogP contribution in [-0.4, -0.2) is 84.4 Å². The Balaban J connectivity index is 1.33. The molecule has 4 amide bonds. The van der Waals surface area contributed by atoms with E-state index in [2.05, 4.69) is 5.32 Å². The third-order valence-electron chi connectivity index (χ3n) is 6.68. The zero-order chi connectivity index (χ0) is 26.4. The van der Waals surface area contributed by atoms with Gasteiger partial charge in [-0.3, -0.25) is 14.4 Å². The molecule has 10 heteroatoms. The van der Waals surface area contributed by atoms with E-state index in [-0.39, 0.29) is 42.6 Å². The highest BCUT2D eigenvalue weighted by Gasteiger charge is 2.35. The SMILES string of the molecule is CCOC(=O)N1CCN(C(=O)c2ccccc2NC(=O)C2CC(=O)N(CCc3ccc(F)cc3)C2)CC1.